The Morgan fingerprint density at radius 3 is 2.83 bits per heavy atom. The van der Waals surface area contributed by atoms with E-state index < -0.39 is 0 Å². The average molecular weight is 497 g/mol. The molecule has 0 unspecified atom stereocenters. The molecule has 3 aromatic heterocycles. The smallest absolute Gasteiger partial charge is 0.261 e. The van der Waals surface area contributed by atoms with Crippen molar-refractivity contribution in [2.24, 2.45) is 0 Å². The van der Waals surface area contributed by atoms with Gasteiger partial charge in [0.25, 0.3) is 5.56 Å². The summed E-state index contributed by atoms with van der Waals surface area (Å²) in [5, 5.41) is 13.8. The fourth-order valence-corrected chi connectivity index (χ4v) is 5.74. The summed E-state index contributed by atoms with van der Waals surface area (Å²) in [6.07, 6.45) is 8.11. The minimum Gasteiger partial charge on any atom is -0.462 e. The molecule has 0 aliphatic heterocycles. The number of hydrogen-bond donors (Lipinski definition) is 1. The van der Waals surface area contributed by atoms with Crippen LogP contribution in [0.3, 0.4) is 0 Å². The van der Waals surface area contributed by atoms with Crippen molar-refractivity contribution in [3.05, 3.63) is 92.3 Å². The van der Waals surface area contributed by atoms with Gasteiger partial charge in [-0.2, -0.15) is 5.26 Å². The third-order valence-corrected chi connectivity index (χ3v) is 7.66. The number of carbonyl (C=O) groups is 1. The minimum absolute atomic E-state index is 0.195. The molecule has 0 saturated heterocycles. The van der Waals surface area contributed by atoms with E-state index >= 15 is 0 Å². The van der Waals surface area contributed by atoms with Gasteiger partial charge in [-0.15, -0.1) is 11.3 Å². The number of benzene rings is 1. The van der Waals surface area contributed by atoms with Gasteiger partial charge in [0, 0.05) is 15.9 Å². The number of hydrogen-bond acceptors (Lipinski definition) is 6. The van der Waals surface area contributed by atoms with E-state index in [1.54, 1.807) is 18.2 Å². The van der Waals surface area contributed by atoms with E-state index in [1.807, 2.05) is 43.4 Å². The molecule has 0 bridgehead atoms. The van der Waals surface area contributed by atoms with Crippen LogP contribution in [0.25, 0.3) is 23.1 Å². The summed E-state index contributed by atoms with van der Waals surface area (Å²) in [6.45, 7) is 5.97. The molecular formula is C28H24N4O3S. The lowest BCUT2D eigenvalue weighted by Crippen LogP contribution is -2.27. The standard InChI is InChI=1S/C28H24N4O3S/c1-17-8-10-19(35-17)11-9-18-12-21-22(14-29)26(36-25(21)28(2,3)13-18)31-24(33)15-32-16-30-23-7-5-4-6-20(23)27(32)34/h4-12,16H,13,15H2,1-3H3,(H,31,33)/b11-9+. The van der Waals surface area contributed by atoms with Crippen LogP contribution in [-0.4, -0.2) is 15.5 Å². The number of nitriles is 1. The van der Waals surface area contributed by atoms with Crippen LogP contribution in [-0.2, 0) is 16.8 Å². The number of nitrogens with one attached hydrogen (secondary N) is 1. The zero-order valence-corrected chi connectivity index (χ0v) is 21.0. The monoisotopic (exact) mass is 496 g/mol. The highest BCUT2D eigenvalue weighted by Crippen LogP contribution is 2.47. The number of allylic oxidation sites excluding steroid dienone is 2. The van der Waals surface area contributed by atoms with Gasteiger partial charge in [-0.3, -0.25) is 14.2 Å². The molecule has 1 aliphatic carbocycles. The van der Waals surface area contributed by atoms with Crippen molar-refractivity contribution in [3.63, 3.8) is 0 Å². The number of amides is 1. The van der Waals surface area contributed by atoms with Crippen LogP contribution in [0.1, 0.15) is 47.8 Å². The van der Waals surface area contributed by atoms with E-state index in [9.17, 15) is 14.9 Å². The van der Waals surface area contributed by atoms with Gasteiger partial charge in [0.05, 0.1) is 22.8 Å². The van der Waals surface area contributed by atoms with Crippen LogP contribution in [0, 0.1) is 18.3 Å². The topological polar surface area (TPSA) is 101 Å². The first kappa shape index (κ1) is 23.5. The summed E-state index contributed by atoms with van der Waals surface area (Å²) in [5.41, 5.74) is 2.41. The maximum atomic E-state index is 12.9. The molecule has 1 N–H and O–H groups in total. The highest BCUT2D eigenvalue weighted by atomic mass is 32.1. The summed E-state index contributed by atoms with van der Waals surface area (Å²) in [4.78, 5) is 31.0. The lowest BCUT2D eigenvalue weighted by atomic mass is 9.77. The zero-order chi connectivity index (χ0) is 25.4. The van der Waals surface area contributed by atoms with Crippen molar-refractivity contribution < 1.29 is 9.21 Å². The molecule has 1 aliphatic rings. The third-order valence-electron chi connectivity index (χ3n) is 6.17. The Kier molecular flexibility index (Phi) is 5.94. The predicted octanol–water partition coefficient (Wildman–Crippen LogP) is 5.65. The predicted molar refractivity (Wildman–Crippen MR) is 142 cm³/mol. The van der Waals surface area contributed by atoms with Crippen molar-refractivity contribution >= 4 is 45.3 Å². The average Bonchev–Trinajstić information content (AvgIpc) is 3.42. The number of para-hydroxylation sites is 1. The number of thiophene rings is 1. The molecule has 1 aromatic carbocycles. The Balaban J connectivity index is 1.43. The molecule has 3 heterocycles. The van der Waals surface area contributed by atoms with E-state index in [4.69, 9.17) is 4.42 Å². The molecule has 5 rings (SSSR count). The van der Waals surface area contributed by atoms with Crippen LogP contribution < -0.4 is 10.9 Å². The molecule has 0 radical (unpaired) electrons. The maximum Gasteiger partial charge on any atom is 0.261 e. The van der Waals surface area contributed by atoms with Crippen molar-refractivity contribution in [1.82, 2.24) is 9.55 Å². The highest BCUT2D eigenvalue weighted by Gasteiger charge is 2.33. The second-order valence-corrected chi connectivity index (χ2v) is 10.5. The van der Waals surface area contributed by atoms with E-state index in [0.717, 1.165) is 34.0 Å². The maximum absolute atomic E-state index is 12.9. The SMILES string of the molecule is Cc1ccc(/C=C/C2=Cc3c(sc(NC(=O)Cn4cnc5ccccc5c4=O)c3C#N)C(C)(C)C2)o1. The van der Waals surface area contributed by atoms with Gasteiger partial charge in [0.1, 0.15) is 29.1 Å². The van der Waals surface area contributed by atoms with Crippen molar-refractivity contribution in [2.75, 3.05) is 5.32 Å². The Bertz CT molecular complexity index is 1660. The summed E-state index contributed by atoms with van der Waals surface area (Å²) >= 11 is 1.41. The Morgan fingerprint density at radius 2 is 2.08 bits per heavy atom. The Hall–Kier alpha value is -4.22. The molecule has 4 aromatic rings. The van der Waals surface area contributed by atoms with E-state index in [1.165, 1.54) is 22.2 Å². The number of aromatic nitrogens is 2. The van der Waals surface area contributed by atoms with Gasteiger partial charge in [-0.1, -0.05) is 32.1 Å². The summed E-state index contributed by atoms with van der Waals surface area (Å²) in [7, 11) is 0. The summed E-state index contributed by atoms with van der Waals surface area (Å²) in [6, 6.07) is 13.1. The third kappa shape index (κ3) is 4.41. The number of anilines is 1. The molecule has 8 heteroatoms. The number of fused-ring (bicyclic) bond motifs is 2. The molecule has 0 fully saturated rings. The lowest BCUT2D eigenvalue weighted by Gasteiger charge is -2.29. The van der Waals surface area contributed by atoms with Gasteiger partial charge in [-0.05, 0) is 55.3 Å². The molecule has 180 valence electrons. The first-order valence-electron chi connectivity index (χ1n) is 11.5. The van der Waals surface area contributed by atoms with Crippen molar-refractivity contribution in [2.45, 2.75) is 39.2 Å². The lowest BCUT2D eigenvalue weighted by molar-refractivity contribution is -0.116. The normalized spacial score (nSPS) is 14.4. The van der Waals surface area contributed by atoms with Crippen molar-refractivity contribution in [1.29, 1.82) is 5.26 Å². The molecule has 1 amide bonds. The number of rotatable bonds is 5. The Labute approximate surface area is 212 Å². The minimum atomic E-state index is -0.389. The van der Waals surface area contributed by atoms with Gasteiger partial charge < -0.3 is 9.73 Å². The number of carbonyl (C=O) groups excluding carboxylic acids is 1. The highest BCUT2D eigenvalue weighted by molar-refractivity contribution is 7.17. The second kappa shape index (κ2) is 9.10. The van der Waals surface area contributed by atoms with E-state index in [0.29, 0.717) is 21.5 Å². The van der Waals surface area contributed by atoms with Crippen LogP contribution in [0.4, 0.5) is 5.00 Å². The van der Waals surface area contributed by atoms with Crippen LogP contribution in [0.2, 0.25) is 0 Å². The quantitative estimate of drug-likeness (QED) is 0.385. The molecular weight excluding hydrogens is 472 g/mol. The zero-order valence-electron chi connectivity index (χ0n) is 20.2. The molecule has 0 saturated carbocycles. The van der Waals surface area contributed by atoms with Crippen LogP contribution >= 0.6 is 11.3 Å². The fraction of sp³-hybridized carbons (Fsp3) is 0.214. The van der Waals surface area contributed by atoms with Crippen molar-refractivity contribution in [3.8, 4) is 6.07 Å². The summed E-state index contributed by atoms with van der Waals surface area (Å²) in [5.74, 6) is 1.23. The molecule has 0 atom stereocenters. The fourth-order valence-electron chi connectivity index (χ4n) is 4.49. The Morgan fingerprint density at radius 1 is 1.28 bits per heavy atom. The number of furan rings is 1. The largest absolute Gasteiger partial charge is 0.462 e. The molecule has 36 heavy (non-hydrogen) atoms. The molecule has 7 nitrogen and oxygen atoms in total. The van der Waals surface area contributed by atoms with Gasteiger partial charge in [0.2, 0.25) is 5.91 Å². The van der Waals surface area contributed by atoms with E-state index in [-0.39, 0.29) is 23.4 Å². The first-order chi connectivity index (χ1) is 17.2. The van der Waals surface area contributed by atoms with Crippen LogP contribution in [0.5, 0.6) is 0 Å². The second-order valence-electron chi connectivity index (χ2n) is 9.47. The van der Waals surface area contributed by atoms with Crippen LogP contribution in [0.15, 0.2) is 63.6 Å². The summed E-state index contributed by atoms with van der Waals surface area (Å²) < 4.78 is 6.91. The first-order valence-corrected chi connectivity index (χ1v) is 12.3. The van der Waals surface area contributed by atoms with Gasteiger partial charge >= 0.3 is 0 Å². The number of aryl methyl sites for hydroxylation is 1. The van der Waals surface area contributed by atoms with Gasteiger partial charge in [-0.25, -0.2) is 4.98 Å². The molecule has 0 spiro atoms. The number of nitrogens with zero attached hydrogens (tertiary/aromatic N) is 3. The van der Waals surface area contributed by atoms with E-state index in [2.05, 4.69) is 30.2 Å². The van der Waals surface area contributed by atoms with Gasteiger partial charge in [0.15, 0.2) is 0 Å².